The summed E-state index contributed by atoms with van der Waals surface area (Å²) in [6, 6.07) is 10.0. The molecule has 0 aliphatic carbocycles. The van der Waals surface area contributed by atoms with Crippen molar-refractivity contribution in [2.45, 2.75) is 19.9 Å². The van der Waals surface area contributed by atoms with E-state index >= 15 is 0 Å². The van der Waals surface area contributed by atoms with Crippen molar-refractivity contribution in [2.75, 3.05) is 19.0 Å². The van der Waals surface area contributed by atoms with Gasteiger partial charge in [0.25, 0.3) is 5.91 Å². The zero-order valence-corrected chi connectivity index (χ0v) is 19.1. The first-order chi connectivity index (χ1) is 14.3. The van der Waals surface area contributed by atoms with Gasteiger partial charge in [-0.15, -0.1) is 0 Å². The SMILES string of the molecule is CCOc1cc([C@H]2NC(=S)NC(C)=C2C(=O)Nc2ccccc2OC)cc(Br)c1O. The number of thiocarbonyl (C=S) groups is 1. The van der Waals surface area contributed by atoms with Gasteiger partial charge >= 0.3 is 0 Å². The Morgan fingerprint density at radius 2 is 2.03 bits per heavy atom. The van der Waals surface area contributed by atoms with Crippen LogP contribution in [-0.4, -0.2) is 29.8 Å². The van der Waals surface area contributed by atoms with Gasteiger partial charge in [0.1, 0.15) is 5.75 Å². The lowest BCUT2D eigenvalue weighted by atomic mass is 9.94. The standard InChI is InChI=1S/C21H22BrN3O4S/c1-4-29-16-10-12(9-13(22)19(16)26)18-17(11(2)23-21(30)25-18)20(27)24-14-7-5-6-8-15(14)28-3/h5-10,18,26H,4H2,1-3H3,(H,24,27)(H2,23,25,30)/t18-/m1/s1. The highest BCUT2D eigenvalue weighted by molar-refractivity contribution is 9.10. The van der Waals surface area contributed by atoms with Crippen LogP contribution in [0.5, 0.6) is 17.2 Å². The highest BCUT2D eigenvalue weighted by Gasteiger charge is 2.31. The molecule has 0 fully saturated rings. The van der Waals surface area contributed by atoms with Crippen molar-refractivity contribution in [3.05, 3.63) is 57.7 Å². The largest absolute Gasteiger partial charge is 0.503 e. The fraction of sp³-hybridized carbons (Fsp3) is 0.238. The van der Waals surface area contributed by atoms with E-state index in [0.717, 1.165) is 0 Å². The van der Waals surface area contributed by atoms with E-state index in [1.165, 1.54) is 0 Å². The number of phenols is 1. The number of anilines is 1. The second-order valence-corrected chi connectivity index (χ2v) is 7.77. The van der Waals surface area contributed by atoms with Crippen LogP contribution >= 0.6 is 28.1 Å². The minimum atomic E-state index is -0.551. The summed E-state index contributed by atoms with van der Waals surface area (Å²) in [6.45, 7) is 4.00. The van der Waals surface area contributed by atoms with Gasteiger partial charge in [-0.1, -0.05) is 12.1 Å². The topological polar surface area (TPSA) is 91.9 Å². The first-order valence-electron chi connectivity index (χ1n) is 9.23. The number of benzene rings is 2. The first-order valence-corrected chi connectivity index (χ1v) is 10.4. The Hall–Kier alpha value is -2.78. The molecule has 1 atom stereocenters. The van der Waals surface area contributed by atoms with Crippen LogP contribution < -0.4 is 25.4 Å². The Bertz CT molecular complexity index is 1030. The zero-order chi connectivity index (χ0) is 21.8. The van der Waals surface area contributed by atoms with Crippen LogP contribution in [-0.2, 0) is 4.79 Å². The number of aromatic hydroxyl groups is 1. The average Bonchev–Trinajstić information content (AvgIpc) is 2.71. The summed E-state index contributed by atoms with van der Waals surface area (Å²) >= 11 is 8.66. The molecule has 0 bridgehead atoms. The molecule has 0 saturated heterocycles. The van der Waals surface area contributed by atoms with Gasteiger partial charge in [0, 0.05) is 5.70 Å². The van der Waals surface area contributed by atoms with Gasteiger partial charge < -0.3 is 30.5 Å². The van der Waals surface area contributed by atoms with Crippen LogP contribution in [0.1, 0.15) is 25.5 Å². The quantitative estimate of drug-likeness (QED) is 0.454. The van der Waals surface area contributed by atoms with E-state index in [1.54, 1.807) is 38.3 Å². The van der Waals surface area contributed by atoms with Crippen molar-refractivity contribution < 1.29 is 19.4 Å². The lowest BCUT2D eigenvalue weighted by molar-refractivity contribution is -0.113. The van der Waals surface area contributed by atoms with E-state index in [-0.39, 0.29) is 11.7 Å². The van der Waals surface area contributed by atoms with E-state index in [1.807, 2.05) is 19.1 Å². The Morgan fingerprint density at radius 1 is 1.30 bits per heavy atom. The Kier molecular flexibility index (Phi) is 6.84. The van der Waals surface area contributed by atoms with Crippen molar-refractivity contribution in [3.8, 4) is 17.2 Å². The first kappa shape index (κ1) is 21.9. The van der Waals surface area contributed by atoms with E-state index in [0.29, 0.717) is 50.2 Å². The highest BCUT2D eigenvalue weighted by atomic mass is 79.9. The highest BCUT2D eigenvalue weighted by Crippen LogP contribution is 2.39. The van der Waals surface area contributed by atoms with Crippen LogP contribution in [0.25, 0.3) is 0 Å². The predicted octanol–water partition coefficient (Wildman–Crippen LogP) is 3.99. The van der Waals surface area contributed by atoms with Gasteiger partial charge in [0.2, 0.25) is 0 Å². The number of ether oxygens (including phenoxy) is 2. The number of carbonyl (C=O) groups is 1. The molecule has 0 radical (unpaired) electrons. The van der Waals surface area contributed by atoms with Gasteiger partial charge in [-0.3, -0.25) is 4.79 Å². The number of allylic oxidation sites excluding steroid dienone is 1. The molecule has 1 aliphatic heterocycles. The molecule has 1 heterocycles. The number of hydrogen-bond donors (Lipinski definition) is 4. The molecule has 3 rings (SSSR count). The monoisotopic (exact) mass is 491 g/mol. The molecule has 0 unspecified atom stereocenters. The van der Waals surface area contributed by atoms with Gasteiger partial charge in [-0.05, 0) is 71.8 Å². The second kappa shape index (κ2) is 9.36. The summed E-state index contributed by atoms with van der Waals surface area (Å²) in [4.78, 5) is 13.3. The number of hydrogen-bond acceptors (Lipinski definition) is 5. The number of phenolic OH excluding ortho intramolecular Hbond substituents is 1. The second-order valence-electron chi connectivity index (χ2n) is 6.51. The zero-order valence-electron chi connectivity index (χ0n) is 16.7. The third-order valence-electron chi connectivity index (χ3n) is 4.55. The minimum absolute atomic E-state index is 0.00200. The number of para-hydroxylation sites is 2. The maximum absolute atomic E-state index is 13.3. The molecule has 0 saturated carbocycles. The summed E-state index contributed by atoms with van der Waals surface area (Å²) in [7, 11) is 1.55. The van der Waals surface area contributed by atoms with Gasteiger partial charge in [-0.2, -0.15) is 0 Å². The van der Waals surface area contributed by atoms with Crippen LogP contribution in [0.4, 0.5) is 5.69 Å². The van der Waals surface area contributed by atoms with E-state index in [4.69, 9.17) is 21.7 Å². The molecule has 1 aliphatic rings. The van der Waals surface area contributed by atoms with Crippen molar-refractivity contribution >= 4 is 44.9 Å². The van der Waals surface area contributed by atoms with Crippen molar-refractivity contribution in [2.24, 2.45) is 0 Å². The molecule has 0 aromatic heterocycles. The van der Waals surface area contributed by atoms with Crippen molar-refractivity contribution in [3.63, 3.8) is 0 Å². The van der Waals surface area contributed by atoms with Crippen LogP contribution in [0.15, 0.2) is 52.1 Å². The third-order valence-corrected chi connectivity index (χ3v) is 5.38. The van der Waals surface area contributed by atoms with Gasteiger partial charge in [0.15, 0.2) is 16.6 Å². The summed E-state index contributed by atoms with van der Waals surface area (Å²) < 4.78 is 11.3. The van der Waals surface area contributed by atoms with Crippen LogP contribution in [0, 0.1) is 0 Å². The molecule has 2 aromatic carbocycles. The Labute approximate surface area is 188 Å². The smallest absolute Gasteiger partial charge is 0.255 e. The fourth-order valence-corrected chi connectivity index (χ4v) is 3.94. The summed E-state index contributed by atoms with van der Waals surface area (Å²) in [5, 5.41) is 19.7. The van der Waals surface area contributed by atoms with Crippen molar-refractivity contribution in [1.29, 1.82) is 0 Å². The van der Waals surface area contributed by atoms with E-state index in [9.17, 15) is 9.90 Å². The summed E-state index contributed by atoms with van der Waals surface area (Å²) in [5.74, 6) is 0.554. The number of rotatable bonds is 6. The summed E-state index contributed by atoms with van der Waals surface area (Å²) in [5.41, 5.74) is 2.34. The maximum atomic E-state index is 13.3. The summed E-state index contributed by atoms with van der Waals surface area (Å²) in [6.07, 6.45) is 0. The molecule has 158 valence electrons. The van der Waals surface area contributed by atoms with E-state index in [2.05, 4.69) is 31.9 Å². The molecule has 2 aromatic rings. The van der Waals surface area contributed by atoms with Gasteiger partial charge in [-0.25, -0.2) is 0 Å². The number of nitrogens with one attached hydrogen (secondary N) is 3. The Morgan fingerprint density at radius 3 is 2.73 bits per heavy atom. The minimum Gasteiger partial charge on any atom is -0.503 e. The lowest BCUT2D eigenvalue weighted by Crippen LogP contribution is -2.45. The number of methoxy groups -OCH3 is 1. The average molecular weight is 492 g/mol. The van der Waals surface area contributed by atoms with Crippen LogP contribution in [0.3, 0.4) is 0 Å². The fourth-order valence-electron chi connectivity index (χ4n) is 3.21. The number of carbonyl (C=O) groups excluding carboxylic acids is 1. The van der Waals surface area contributed by atoms with E-state index < -0.39 is 6.04 Å². The predicted molar refractivity (Wildman–Crippen MR) is 123 cm³/mol. The van der Waals surface area contributed by atoms with Crippen LogP contribution in [0.2, 0.25) is 0 Å². The molecular formula is C21H22BrN3O4S. The molecule has 30 heavy (non-hydrogen) atoms. The normalized spacial score (nSPS) is 15.9. The lowest BCUT2D eigenvalue weighted by Gasteiger charge is -2.31. The maximum Gasteiger partial charge on any atom is 0.255 e. The molecule has 1 amide bonds. The Balaban J connectivity index is 2.02. The van der Waals surface area contributed by atoms with Gasteiger partial charge in [0.05, 0.1) is 35.5 Å². The molecule has 7 nitrogen and oxygen atoms in total. The third kappa shape index (κ3) is 4.52. The molecule has 9 heteroatoms. The number of amides is 1. The number of halogens is 1. The molecule has 0 spiro atoms. The van der Waals surface area contributed by atoms with Crippen molar-refractivity contribution in [1.82, 2.24) is 10.6 Å². The molecule has 4 N–H and O–H groups in total. The molecular weight excluding hydrogens is 470 g/mol.